The highest BCUT2D eigenvalue weighted by Crippen LogP contribution is 2.43. The molecule has 2 N–H and O–H groups in total. The molecule has 1 aliphatic heterocycles. The van der Waals surface area contributed by atoms with E-state index in [1.807, 2.05) is 12.1 Å². The van der Waals surface area contributed by atoms with Crippen molar-refractivity contribution >= 4 is 5.91 Å². The summed E-state index contributed by atoms with van der Waals surface area (Å²) in [6.45, 7) is 0.828. The van der Waals surface area contributed by atoms with Gasteiger partial charge in [0.1, 0.15) is 11.4 Å². The number of phenolic OH excluding ortho intramolecular Hbond substituents is 1. The van der Waals surface area contributed by atoms with E-state index in [4.69, 9.17) is 9.15 Å². The van der Waals surface area contributed by atoms with Crippen LogP contribution < -0.4 is 0 Å². The van der Waals surface area contributed by atoms with Crippen LogP contribution in [-0.4, -0.2) is 46.4 Å². The van der Waals surface area contributed by atoms with Gasteiger partial charge in [-0.05, 0) is 29.8 Å². The molecule has 0 bridgehead atoms. The molecule has 7 heteroatoms. The Morgan fingerprint density at radius 3 is 2.96 bits per heavy atom. The van der Waals surface area contributed by atoms with Gasteiger partial charge < -0.3 is 19.2 Å². The van der Waals surface area contributed by atoms with Crippen molar-refractivity contribution in [1.82, 2.24) is 15.1 Å². The Kier molecular flexibility index (Phi) is 3.77. The number of hydrogen-bond donors (Lipinski definition) is 2. The molecule has 25 heavy (non-hydrogen) atoms. The molecule has 0 fully saturated rings. The van der Waals surface area contributed by atoms with Gasteiger partial charge in [0.15, 0.2) is 11.5 Å². The molecule has 1 aromatic carbocycles. The van der Waals surface area contributed by atoms with E-state index in [9.17, 15) is 9.90 Å². The van der Waals surface area contributed by atoms with E-state index >= 15 is 0 Å². The Morgan fingerprint density at radius 1 is 1.36 bits per heavy atom. The summed E-state index contributed by atoms with van der Waals surface area (Å²) in [6.07, 6.45) is 1.57. The van der Waals surface area contributed by atoms with Gasteiger partial charge in [-0.2, -0.15) is 5.10 Å². The lowest BCUT2D eigenvalue weighted by Gasteiger charge is -2.26. The number of aromatic amines is 1. The number of ether oxygens (including phenoxy) is 1. The number of carbonyl (C=O) groups excluding carboxylic acids is 1. The summed E-state index contributed by atoms with van der Waals surface area (Å²) in [5.74, 6) is 0.586. The molecule has 2 aromatic heterocycles. The number of phenols is 1. The third-order valence-electron chi connectivity index (χ3n) is 4.34. The highest BCUT2D eigenvalue weighted by molar-refractivity contribution is 6.00. The Labute approximate surface area is 143 Å². The molecule has 0 saturated carbocycles. The van der Waals surface area contributed by atoms with Crippen molar-refractivity contribution in [2.45, 2.75) is 6.04 Å². The number of furan rings is 1. The third kappa shape index (κ3) is 2.49. The van der Waals surface area contributed by atoms with Crippen LogP contribution in [0.3, 0.4) is 0 Å². The average Bonchev–Trinajstić information content (AvgIpc) is 3.31. The van der Waals surface area contributed by atoms with E-state index in [0.29, 0.717) is 30.3 Å². The number of carbonyl (C=O) groups is 1. The van der Waals surface area contributed by atoms with Crippen LogP contribution in [0.5, 0.6) is 5.75 Å². The Hall–Kier alpha value is -3.06. The first kappa shape index (κ1) is 15.5. The zero-order valence-electron chi connectivity index (χ0n) is 13.6. The molecule has 0 aliphatic carbocycles. The van der Waals surface area contributed by atoms with Gasteiger partial charge >= 0.3 is 0 Å². The van der Waals surface area contributed by atoms with Gasteiger partial charge in [0.2, 0.25) is 0 Å². The standard InChI is InChI=1S/C18H17N3O4/c1-24-9-7-21-17(11-4-2-5-12(22)10-11)14-15(13-6-3-8-25-13)19-20-16(14)18(21)23/h2-6,8,10,17,22H,7,9H2,1H3,(H,19,20)/t17-/m0/s1. The Bertz CT molecular complexity index is 901. The van der Waals surface area contributed by atoms with E-state index in [-0.39, 0.29) is 17.7 Å². The molecule has 3 heterocycles. The topological polar surface area (TPSA) is 91.6 Å². The highest BCUT2D eigenvalue weighted by Gasteiger charge is 2.42. The van der Waals surface area contributed by atoms with E-state index in [2.05, 4.69) is 10.2 Å². The lowest BCUT2D eigenvalue weighted by molar-refractivity contribution is 0.0677. The summed E-state index contributed by atoms with van der Waals surface area (Å²) in [4.78, 5) is 14.6. The number of benzene rings is 1. The summed E-state index contributed by atoms with van der Waals surface area (Å²) in [5, 5.41) is 17.0. The molecule has 1 amide bonds. The van der Waals surface area contributed by atoms with Gasteiger partial charge in [0.25, 0.3) is 5.91 Å². The summed E-state index contributed by atoms with van der Waals surface area (Å²) in [5.41, 5.74) is 2.59. The fraction of sp³-hybridized carbons (Fsp3) is 0.222. The lowest BCUT2D eigenvalue weighted by atomic mass is 9.98. The maximum atomic E-state index is 12.8. The highest BCUT2D eigenvalue weighted by atomic mass is 16.5. The summed E-state index contributed by atoms with van der Waals surface area (Å²) in [6, 6.07) is 10.1. The minimum Gasteiger partial charge on any atom is -0.508 e. The van der Waals surface area contributed by atoms with Crippen LogP contribution in [0.2, 0.25) is 0 Å². The normalized spacial score (nSPS) is 16.4. The van der Waals surface area contributed by atoms with Crippen LogP contribution in [-0.2, 0) is 4.74 Å². The molecular formula is C18H17N3O4. The van der Waals surface area contributed by atoms with Crippen molar-refractivity contribution in [3.8, 4) is 17.2 Å². The molecule has 0 spiro atoms. The largest absolute Gasteiger partial charge is 0.508 e. The number of amides is 1. The van der Waals surface area contributed by atoms with Crippen LogP contribution in [0.4, 0.5) is 0 Å². The van der Waals surface area contributed by atoms with Gasteiger partial charge in [-0.25, -0.2) is 0 Å². The lowest BCUT2D eigenvalue weighted by Crippen LogP contribution is -2.32. The number of nitrogens with zero attached hydrogens (tertiary/aromatic N) is 2. The second kappa shape index (κ2) is 6.10. The van der Waals surface area contributed by atoms with Crippen molar-refractivity contribution in [3.63, 3.8) is 0 Å². The first-order valence-corrected chi connectivity index (χ1v) is 7.91. The second-order valence-corrected chi connectivity index (χ2v) is 5.83. The molecule has 4 rings (SSSR count). The van der Waals surface area contributed by atoms with Crippen molar-refractivity contribution in [1.29, 1.82) is 0 Å². The van der Waals surface area contributed by atoms with Gasteiger partial charge in [0.05, 0.1) is 18.9 Å². The number of H-pyrrole nitrogens is 1. The van der Waals surface area contributed by atoms with Crippen molar-refractivity contribution in [2.24, 2.45) is 0 Å². The SMILES string of the molecule is COCCN1C(=O)c2n[nH]c(-c3ccco3)c2[C@@H]1c1cccc(O)c1. The number of rotatable bonds is 5. The number of aromatic nitrogens is 2. The van der Waals surface area contributed by atoms with Gasteiger partial charge in [-0.1, -0.05) is 12.1 Å². The van der Waals surface area contributed by atoms with Crippen molar-refractivity contribution < 1.29 is 19.1 Å². The zero-order chi connectivity index (χ0) is 17.4. The van der Waals surface area contributed by atoms with Crippen molar-refractivity contribution in [2.75, 3.05) is 20.3 Å². The number of aromatic hydroxyl groups is 1. The Morgan fingerprint density at radius 2 is 2.24 bits per heavy atom. The molecule has 7 nitrogen and oxygen atoms in total. The van der Waals surface area contributed by atoms with E-state index < -0.39 is 0 Å². The number of nitrogens with one attached hydrogen (secondary N) is 1. The summed E-state index contributed by atoms with van der Waals surface area (Å²) >= 11 is 0. The van der Waals surface area contributed by atoms with Crippen LogP contribution >= 0.6 is 0 Å². The van der Waals surface area contributed by atoms with Gasteiger partial charge in [-0.3, -0.25) is 9.89 Å². The van der Waals surface area contributed by atoms with Crippen LogP contribution in [0, 0.1) is 0 Å². The van der Waals surface area contributed by atoms with Crippen LogP contribution in [0.25, 0.3) is 11.5 Å². The van der Waals surface area contributed by atoms with E-state index in [1.54, 1.807) is 42.5 Å². The maximum absolute atomic E-state index is 12.8. The fourth-order valence-electron chi connectivity index (χ4n) is 3.26. The molecule has 0 saturated heterocycles. The number of fused-ring (bicyclic) bond motifs is 1. The third-order valence-corrected chi connectivity index (χ3v) is 4.34. The van der Waals surface area contributed by atoms with Gasteiger partial charge in [0, 0.05) is 19.2 Å². The number of methoxy groups -OCH3 is 1. The maximum Gasteiger partial charge on any atom is 0.275 e. The minimum atomic E-state index is -0.372. The molecule has 128 valence electrons. The minimum absolute atomic E-state index is 0.146. The molecule has 1 aliphatic rings. The van der Waals surface area contributed by atoms with Gasteiger partial charge in [-0.15, -0.1) is 0 Å². The summed E-state index contributed by atoms with van der Waals surface area (Å²) in [7, 11) is 1.59. The van der Waals surface area contributed by atoms with E-state index in [1.165, 1.54) is 0 Å². The average molecular weight is 339 g/mol. The predicted molar refractivity (Wildman–Crippen MR) is 89.2 cm³/mol. The van der Waals surface area contributed by atoms with Crippen LogP contribution in [0.1, 0.15) is 27.7 Å². The molecule has 0 radical (unpaired) electrons. The zero-order valence-corrected chi connectivity index (χ0v) is 13.6. The summed E-state index contributed by atoms with van der Waals surface area (Å²) < 4.78 is 10.6. The first-order valence-electron chi connectivity index (χ1n) is 7.91. The van der Waals surface area contributed by atoms with E-state index in [0.717, 1.165) is 11.1 Å². The van der Waals surface area contributed by atoms with Crippen molar-refractivity contribution in [3.05, 3.63) is 59.5 Å². The monoisotopic (exact) mass is 339 g/mol. The molecular weight excluding hydrogens is 322 g/mol. The first-order chi connectivity index (χ1) is 12.2. The molecule has 3 aromatic rings. The predicted octanol–water partition coefficient (Wildman–Crippen LogP) is 2.57. The molecule has 1 atom stereocenters. The van der Waals surface area contributed by atoms with Crippen LogP contribution in [0.15, 0.2) is 47.1 Å². The Balaban J connectivity index is 1.86. The second-order valence-electron chi connectivity index (χ2n) is 5.83. The number of hydrogen-bond acceptors (Lipinski definition) is 5. The smallest absolute Gasteiger partial charge is 0.275 e. The fourth-order valence-corrected chi connectivity index (χ4v) is 3.26. The quantitative estimate of drug-likeness (QED) is 0.745. The molecule has 0 unspecified atom stereocenters.